The first kappa shape index (κ1) is 64.2. The summed E-state index contributed by atoms with van der Waals surface area (Å²) in [6.45, 7) is 5.24. The molecule has 0 aliphatic heterocycles. The van der Waals surface area contributed by atoms with Crippen molar-refractivity contribution in [1.29, 1.82) is 0 Å². The van der Waals surface area contributed by atoms with Crippen LogP contribution in [0.2, 0.25) is 0 Å². The number of amides is 8. The molecule has 10 atom stereocenters. The molecular weight excluding hydrogens is 1000 g/mol. The van der Waals surface area contributed by atoms with Gasteiger partial charge in [0.05, 0.1) is 12.1 Å². The minimum atomic E-state index is -1.83. The lowest BCUT2D eigenvalue weighted by atomic mass is 10.0. The molecule has 0 unspecified atom stereocenters. The number of unbranched alkanes of at least 4 members (excludes halogenated alkanes) is 1. The van der Waals surface area contributed by atoms with Gasteiger partial charge in [-0.3, -0.25) is 43.2 Å². The van der Waals surface area contributed by atoms with Crippen molar-refractivity contribution in [2.75, 3.05) is 35.8 Å². The minimum Gasteiger partial charge on any atom is -0.481 e. The molecule has 15 N–H and O–H groups in total. The van der Waals surface area contributed by atoms with E-state index in [9.17, 15) is 63.3 Å². The van der Waals surface area contributed by atoms with Crippen molar-refractivity contribution < 1.29 is 63.3 Å². The quantitative estimate of drug-likeness (QED) is 0.0246. The van der Waals surface area contributed by atoms with Crippen LogP contribution in [0.3, 0.4) is 0 Å². The summed E-state index contributed by atoms with van der Waals surface area (Å²) in [5.74, 6) is -10.4. The fraction of sp³-hybridized carbons (Fsp3) is 0.636. The van der Waals surface area contributed by atoms with Crippen LogP contribution in [0.25, 0.3) is 0 Å². The van der Waals surface area contributed by atoms with Crippen molar-refractivity contribution in [3.63, 3.8) is 0 Å². The molecule has 1 rings (SSSR count). The van der Waals surface area contributed by atoms with Crippen molar-refractivity contribution in [1.82, 2.24) is 42.5 Å². The number of nitrogens with one attached hydrogen (secondary N) is 8. The molecule has 1 aromatic rings. The zero-order chi connectivity index (χ0) is 53.8. The maximum Gasteiger partial charge on any atom is 0.326 e. The van der Waals surface area contributed by atoms with E-state index in [4.69, 9.17) is 11.5 Å². The molecule has 0 aliphatic rings. The SMILES string of the molecule is CSCC[C@H](NC(=O)[C@H](CS)NC(=O)[C@H](CCC(=O)O)NC(=O)[C@@H](NC(=O)[C@H](Cc1ccccc1)NC(=O)[C@H](CS)NC(=O)[C@H](CS)NC(=O)[C@H](CC(C)C)NC(=O)[C@@H](N)CCCCN)[C@@H](C)O)C(=O)O. The molecule has 0 spiro atoms. The van der Waals surface area contributed by atoms with Gasteiger partial charge in [-0.2, -0.15) is 49.6 Å². The molecular formula is C44H72N10O13S4. The molecule has 23 nitrogen and oxygen atoms in total. The highest BCUT2D eigenvalue weighted by atomic mass is 32.2. The van der Waals surface area contributed by atoms with Gasteiger partial charge in [-0.05, 0) is 69.1 Å². The molecule has 0 fully saturated rings. The Morgan fingerprint density at radius 2 is 1.03 bits per heavy atom. The molecule has 0 aromatic heterocycles. The Hall–Kier alpha value is -4.80. The van der Waals surface area contributed by atoms with Crippen LogP contribution in [0.5, 0.6) is 0 Å². The summed E-state index contributed by atoms with van der Waals surface area (Å²) in [4.78, 5) is 131. The third-order valence-electron chi connectivity index (χ3n) is 10.6. The Morgan fingerprint density at radius 3 is 1.48 bits per heavy atom. The van der Waals surface area contributed by atoms with E-state index in [1.54, 1.807) is 36.6 Å². The first-order valence-electron chi connectivity index (χ1n) is 22.9. The smallest absolute Gasteiger partial charge is 0.326 e. The van der Waals surface area contributed by atoms with Crippen LogP contribution < -0.4 is 54.0 Å². The predicted octanol–water partition coefficient (Wildman–Crippen LogP) is -2.52. The van der Waals surface area contributed by atoms with Gasteiger partial charge in [0.2, 0.25) is 47.3 Å². The number of hydrogen-bond acceptors (Lipinski definition) is 17. The number of thiol groups is 3. The number of carboxylic acid groups (broad SMARTS) is 2. The zero-order valence-electron chi connectivity index (χ0n) is 40.3. The van der Waals surface area contributed by atoms with Gasteiger partial charge in [0.15, 0.2) is 0 Å². The molecule has 8 amide bonds. The van der Waals surface area contributed by atoms with E-state index in [0.717, 1.165) is 6.92 Å². The van der Waals surface area contributed by atoms with Gasteiger partial charge in [0, 0.05) is 30.1 Å². The number of carbonyl (C=O) groups is 10. The van der Waals surface area contributed by atoms with Gasteiger partial charge in [-0.1, -0.05) is 50.6 Å². The molecule has 400 valence electrons. The second-order valence-corrected chi connectivity index (χ2v) is 19.0. The Bertz CT molecular complexity index is 1920. The van der Waals surface area contributed by atoms with Crippen LogP contribution in [-0.2, 0) is 54.4 Å². The van der Waals surface area contributed by atoms with Gasteiger partial charge in [0.25, 0.3) is 0 Å². The van der Waals surface area contributed by atoms with Crippen LogP contribution in [0.4, 0.5) is 0 Å². The Morgan fingerprint density at radius 1 is 0.577 bits per heavy atom. The fourth-order valence-electron chi connectivity index (χ4n) is 6.57. The second-order valence-electron chi connectivity index (χ2n) is 17.0. The zero-order valence-corrected chi connectivity index (χ0v) is 43.8. The summed E-state index contributed by atoms with van der Waals surface area (Å²) in [5, 5.41) is 49.3. The number of rotatable bonds is 35. The summed E-state index contributed by atoms with van der Waals surface area (Å²) in [5.41, 5.74) is 12.1. The van der Waals surface area contributed by atoms with Gasteiger partial charge in [-0.25, -0.2) is 4.79 Å². The largest absolute Gasteiger partial charge is 0.481 e. The molecule has 1 aromatic carbocycles. The molecule has 0 heterocycles. The monoisotopic (exact) mass is 1080 g/mol. The molecule has 71 heavy (non-hydrogen) atoms. The van der Waals surface area contributed by atoms with Crippen molar-refractivity contribution in [3.8, 4) is 0 Å². The summed E-state index contributed by atoms with van der Waals surface area (Å²) >= 11 is 13.9. The Kier molecular flexibility index (Phi) is 31.2. The van der Waals surface area contributed by atoms with E-state index in [1.165, 1.54) is 11.8 Å². The maximum absolute atomic E-state index is 14.1. The molecule has 27 heteroatoms. The maximum atomic E-state index is 14.1. The number of hydrogen-bond donors (Lipinski definition) is 16. The number of carboxylic acids is 2. The average Bonchev–Trinajstić information content (AvgIpc) is 3.32. The van der Waals surface area contributed by atoms with E-state index < -0.39 is 133 Å². The normalized spacial score (nSPS) is 15.4. The fourth-order valence-corrected chi connectivity index (χ4v) is 7.82. The second kappa shape index (κ2) is 34.5. The summed E-state index contributed by atoms with van der Waals surface area (Å²) in [6, 6.07) is -4.12. The molecule has 0 saturated carbocycles. The number of aliphatic hydroxyl groups is 1. The lowest BCUT2D eigenvalue weighted by Crippen LogP contribution is -2.62. The third kappa shape index (κ3) is 24.5. The van der Waals surface area contributed by atoms with E-state index >= 15 is 0 Å². The minimum absolute atomic E-state index is 0.0620. The van der Waals surface area contributed by atoms with Gasteiger partial charge < -0.3 is 69.3 Å². The summed E-state index contributed by atoms with van der Waals surface area (Å²) in [6.07, 6.45) is 0.586. The van der Waals surface area contributed by atoms with Crippen LogP contribution >= 0.6 is 49.6 Å². The van der Waals surface area contributed by atoms with E-state index in [-0.39, 0.29) is 42.4 Å². The topological polar surface area (TPSA) is 380 Å². The van der Waals surface area contributed by atoms with Crippen molar-refractivity contribution in [2.24, 2.45) is 17.4 Å². The number of aliphatic hydroxyl groups excluding tert-OH is 1. The average molecular weight is 1080 g/mol. The highest BCUT2D eigenvalue weighted by molar-refractivity contribution is 7.98. The van der Waals surface area contributed by atoms with Crippen LogP contribution in [0, 0.1) is 5.92 Å². The van der Waals surface area contributed by atoms with E-state index in [2.05, 4.69) is 80.4 Å². The lowest BCUT2D eigenvalue weighted by molar-refractivity contribution is -0.142. The van der Waals surface area contributed by atoms with Crippen LogP contribution in [-0.4, -0.2) is 171 Å². The Labute approximate surface area is 434 Å². The van der Waals surface area contributed by atoms with Crippen molar-refractivity contribution in [3.05, 3.63) is 35.9 Å². The number of thioether (sulfide) groups is 1. The first-order chi connectivity index (χ1) is 33.5. The predicted molar refractivity (Wildman–Crippen MR) is 277 cm³/mol. The number of nitrogens with two attached hydrogens (primary N) is 2. The third-order valence-corrected chi connectivity index (χ3v) is 12.3. The highest BCUT2D eigenvalue weighted by Gasteiger charge is 2.36. The lowest BCUT2D eigenvalue weighted by Gasteiger charge is -2.28. The standard InChI is InChI=1S/C44H72N10O13S4/c1-23(2)18-29(49-36(58)26(46)12-8-9-16-45)38(60)52-33(22-70)42(64)53-32(21-69)41(63)50-30(19-25-10-6-5-7-11-25)39(61)54-35(24(3)55)43(65)47-27(13-14-34(56)57)37(59)51-31(20-68)40(62)48-28(44(66)67)15-17-71-4/h5-7,10-11,23-24,26-33,35,55,68-70H,8-9,12-22,45-46H2,1-4H3,(H,47,65)(H,48,62)(H,49,58)(H,50,63)(H,51,59)(H,52,60)(H,53,64)(H,54,61)(H,56,57)(H,66,67)/t24-,26+,27+,28+,29+,30+,31+,32+,33+,35+/m1/s1. The van der Waals surface area contributed by atoms with Crippen molar-refractivity contribution in [2.45, 2.75) is 133 Å². The molecule has 0 aliphatic carbocycles. The van der Waals surface area contributed by atoms with Crippen LogP contribution in [0.15, 0.2) is 30.3 Å². The Balaban J connectivity index is 3.33. The van der Waals surface area contributed by atoms with Gasteiger partial charge in [0.1, 0.15) is 48.3 Å². The highest BCUT2D eigenvalue weighted by Crippen LogP contribution is 2.11. The van der Waals surface area contributed by atoms with Crippen molar-refractivity contribution >= 4 is 109 Å². The molecule has 0 saturated heterocycles. The first-order valence-corrected chi connectivity index (χ1v) is 26.2. The van der Waals surface area contributed by atoms with Crippen LogP contribution in [0.1, 0.15) is 71.3 Å². The number of benzene rings is 1. The van der Waals surface area contributed by atoms with E-state index in [1.807, 2.05) is 13.8 Å². The van der Waals surface area contributed by atoms with E-state index in [0.29, 0.717) is 37.1 Å². The van der Waals surface area contributed by atoms with Gasteiger partial charge >= 0.3 is 11.9 Å². The summed E-state index contributed by atoms with van der Waals surface area (Å²) < 4.78 is 0. The van der Waals surface area contributed by atoms with Gasteiger partial charge in [-0.15, -0.1) is 0 Å². The number of carbonyl (C=O) groups excluding carboxylic acids is 8. The number of aliphatic carboxylic acids is 2. The molecule has 0 radical (unpaired) electrons. The summed E-state index contributed by atoms with van der Waals surface area (Å²) in [7, 11) is 0. The molecule has 0 bridgehead atoms.